The van der Waals surface area contributed by atoms with Crippen LogP contribution in [0.1, 0.15) is 0 Å². The molecule has 1 nitrogen and oxygen atoms in total. The minimum atomic E-state index is 0.912. The Bertz CT molecular complexity index is 3470. The van der Waals surface area contributed by atoms with Crippen molar-refractivity contribution >= 4 is 86.6 Å². The van der Waals surface area contributed by atoms with Gasteiger partial charge in [-0.05, 0) is 116 Å². The summed E-state index contributed by atoms with van der Waals surface area (Å²) in [6, 6.07) is 71.1. The smallest absolute Gasteiger partial charge is 0.136 e. The van der Waals surface area contributed by atoms with Crippen LogP contribution in [0.25, 0.3) is 120 Å². The van der Waals surface area contributed by atoms with Crippen molar-refractivity contribution in [2.45, 2.75) is 0 Å². The van der Waals surface area contributed by atoms with Gasteiger partial charge in [0.2, 0.25) is 0 Å². The van der Waals surface area contributed by atoms with Gasteiger partial charge in [0.25, 0.3) is 0 Å². The molecule has 1 heterocycles. The Kier molecular flexibility index (Phi) is 6.40. The zero-order valence-corrected chi connectivity index (χ0v) is 29.9. The minimum Gasteiger partial charge on any atom is -0.456 e. The van der Waals surface area contributed by atoms with Crippen LogP contribution in [0.15, 0.2) is 199 Å². The second kappa shape index (κ2) is 11.6. The largest absolute Gasteiger partial charge is 0.456 e. The van der Waals surface area contributed by atoms with E-state index in [2.05, 4.69) is 194 Å². The topological polar surface area (TPSA) is 13.1 Å². The first-order valence-corrected chi connectivity index (χ1v) is 19.0. The molecule has 0 aliphatic rings. The number of hydrogen-bond donors (Lipinski definition) is 0. The summed E-state index contributed by atoms with van der Waals surface area (Å²) >= 11 is 0. The van der Waals surface area contributed by atoms with Crippen molar-refractivity contribution in [3.63, 3.8) is 0 Å². The Hall–Kier alpha value is -7.22. The van der Waals surface area contributed by atoms with E-state index < -0.39 is 0 Å². The third kappa shape index (κ3) is 4.41. The van der Waals surface area contributed by atoms with Gasteiger partial charge >= 0.3 is 0 Å². The summed E-state index contributed by atoms with van der Waals surface area (Å²) in [6.07, 6.45) is 0. The predicted molar refractivity (Wildman–Crippen MR) is 235 cm³/mol. The van der Waals surface area contributed by atoms with E-state index in [1.165, 1.54) is 103 Å². The maximum Gasteiger partial charge on any atom is 0.136 e. The Labute approximate surface area is 317 Å². The molecule has 0 aliphatic heterocycles. The summed E-state index contributed by atoms with van der Waals surface area (Å²) in [5, 5.41) is 17.5. The van der Waals surface area contributed by atoms with Crippen molar-refractivity contribution in [3.8, 4) is 33.4 Å². The summed E-state index contributed by atoms with van der Waals surface area (Å²) in [4.78, 5) is 0. The highest BCUT2D eigenvalue weighted by Crippen LogP contribution is 2.48. The van der Waals surface area contributed by atoms with Crippen LogP contribution in [0.2, 0.25) is 0 Å². The van der Waals surface area contributed by atoms with E-state index >= 15 is 0 Å². The highest BCUT2D eigenvalue weighted by molar-refractivity contribution is 6.29. The van der Waals surface area contributed by atoms with E-state index in [1.54, 1.807) is 0 Å². The lowest BCUT2D eigenvalue weighted by Crippen LogP contribution is -1.92. The lowest BCUT2D eigenvalue weighted by Gasteiger charge is -2.20. The normalized spacial score (nSPS) is 12.0. The molecule has 0 radical (unpaired) electrons. The zero-order valence-electron chi connectivity index (χ0n) is 29.9. The maximum atomic E-state index is 6.43. The van der Waals surface area contributed by atoms with E-state index in [9.17, 15) is 0 Å². The second-order valence-electron chi connectivity index (χ2n) is 14.7. The third-order valence-corrected chi connectivity index (χ3v) is 11.8. The van der Waals surface area contributed by atoms with Gasteiger partial charge in [-0.25, -0.2) is 0 Å². The molecule has 1 heteroatoms. The number of furan rings is 1. The van der Waals surface area contributed by atoms with Crippen LogP contribution in [-0.4, -0.2) is 0 Å². The van der Waals surface area contributed by atoms with Gasteiger partial charge in [-0.3, -0.25) is 0 Å². The van der Waals surface area contributed by atoms with E-state index in [0.717, 1.165) is 16.6 Å². The molecule has 0 amide bonds. The van der Waals surface area contributed by atoms with E-state index in [0.29, 0.717) is 0 Å². The van der Waals surface area contributed by atoms with Crippen molar-refractivity contribution in [1.29, 1.82) is 0 Å². The fraction of sp³-hybridized carbons (Fsp3) is 0. The average Bonchev–Trinajstić information content (AvgIpc) is 3.65. The fourth-order valence-corrected chi connectivity index (χ4v) is 9.46. The number of rotatable bonds is 3. The molecule has 1 aromatic heterocycles. The second-order valence-corrected chi connectivity index (χ2v) is 14.7. The fourth-order valence-electron chi connectivity index (χ4n) is 9.46. The molecule has 0 bridgehead atoms. The van der Waals surface area contributed by atoms with E-state index in [-0.39, 0.29) is 0 Å². The van der Waals surface area contributed by atoms with Crippen LogP contribution in [0.3, 0.4) is 0 Å². The van der Waals surface area contributed by atoms with Crippen LogP contribution < -0.4 is 0 Å². The molecular weight excluding hydrogens is 665 g/mol. The maximum absolute atomic E-state index is 6.43. The van der Waals surface area contributed by atoms with Gasteiger partial charge in [0.05, 0.1) is 0 Å². The average molecular weight is 697 g/mol. The van der Waals surface area contributed by atoms with Crippen LogP contribution >= 0.6 is 0 Å². The van der Waals surface area contributed by atoms with Crippen LogP contribution in [0.4, 0.5) is 0 Å². The van der Waals surface area contributed by atoms with E-state index in [1.807, 2.05) is 0 Å². The van der Waals surface area contributed by atoms with Gasteiger partial charge in [-0.15, -0.1) is 0 Å². The third-order valence-electron chi connectivity index (χ3n) is 11.8. The van der Waals surface area contributed by atoms with Gasteiger partial charge in [0, 0.05) is 10.8 Å². The molecule has 0 unspecified atom stereocenters. The first-order chi connectivity index (χ1) is 27.3. The molecule has 12 rings (SSSR count). The monoisotopic (exact) mass is 696 g/mol. The van der Waals surface area contributed by atoms with E-state index in [4.69, 9.17) is 4.42 Å². The summed E-state index contributed by atoms with van der Waals surface area (Å²) in [5.74, 6) is 0. The highest BCUT2D eigenvalue weighted by Gasteiger charge is 2.20. The molecule has 0 fully saturated rings. The summed E-state index contributed by atoms with van der Waals surface area (Å²) in [7, 11) is 0. The quantitative estimate of drug-likeness (QED) is 0.132. The summed E-state index contributed by atoms with van der Waals surface area (Å²) in [5.41, 5.74) is 9.19. The molecule has 12 aromatic rings. The predicted octanol–water partition coefficient (Wildman–Crippen LogP) is 15.5. The van der Waals surface area contributed by atoms with Gasteiger partial charge in [-0.2, -0.15) is 0 Å². The number of fused-ring (bicyclic) bond motifs is 12. The van der Waals surface area contributed by atoms with Crippen LogP contribution in [0, 0.1) is 0 Å². The highest BCUT2D eigenvalue weighted by atomic mass is 16.3. The molecule has 11 aromatic carbocycles. The Morgan fingerprint density at radius 1 is 0.255 bits per heavy atom. The SMILES string of the molecule is c1ccc2c(c1)ccc1cc(-c3c4ccccc4c(-c4ccc(-c5cccc6oc7ccc8ccccc8c7c56)cc4)c4ccccc34)c3ccccc3c12. The number of hydrogen-bond acceptors (Lipinski definition) is 1. The van der Waals surface area contributed by atoms with Crippen LogP contribution in [-0.2, 0) is 0 Å². The molecule has 0 N–H and O–H groups in total. The van der Waals surface area contributed by atoms with Crippen LogP contribution in [0.5, 0.6) is 0 Å². The van der Waals surface area contributed by atoms with Gasteiger partial charge in [0.1, 0.15) is 11.2 Å². The summed E-state index contributed by atoms with van der Waals surface area (Å²) in [6.45, 7) is 0. The van der Waals surface area contributed by atoms with Crippen molar-refractivity contribution in [1.82, 2.24) is 0 Å². The van der Waals surface area contributed by atoms with Gasteiger partial charge in [0.15, 0.2) is 0 Å². The molecule has 254 valence electrons. The molecule has 0 saturated heterocycles. The zero-order chi connectivity index (χ0) is 36.0. The lowest BCUT2D eigenvalue weighted by molar-refractivity contribution is 0.669. The van der Waals surface area contributed by atoms with Gasteiger partial charge < -0.3 is 4.42 Å². The standard InChI is InChI=1S/C54H32O/c1-3-14-38-33(12-1)26-29-37-32-47(41-16-5-6-17-42(41)51(37)38)52-45-20-9-7-18-43(45)50(44-19-8-10-21-46(44)52)36-27-24-35(25-28-36)40-22-11-23-48-53(40)54-39-15-4-2-13-34(39)30-31-49(54)55-48/h1-32H. The summed E-state index contributed by atoms with van der Waals surface area (Å²) < 4.78 is 6.43. The van der Waals surface area contributed by atoms with Crippen molar-refractivity contribution in [2.75, 3.05) is 0 Å². The first kappa shape index (κ1) is 30.3. The molecule has 0 aliphatic carbocycles. The van der Waals surface area contributed by atoms with Crippen molar-refractivity contribution in [2.24, 2.45) is 0 Å². The molecule has 55 heavy (non-hydrogen) atoms. The molecule has 0 spiro atoms. The van der Waals surface area contributed by atoms with Crippen molar-refractivity contribution in [3.05, 3.63) is 194 Å². The molecule has 0 saturated carbocycles. The first-order valence-electron chi connectivity index (χ1n) is 19.0. The Morgan fingerprint density at radius 2 is 0.745 bits per heavy atom. The molecular formula is C54H32O. The Balaban J connectivity index is 1.09. The van der Waals surface area contributed by atoms with Gasteiger partial charge in [-0.1, -0.05) is 176 Å². The van der Waals surface area contributed by atoms with Crippen molar-refractivity contribution < 1.29 is 4.42 Å². The number of benzene rings is 11. The molecule has 0 atom stereocenters. The minimum absolute atomic E-state index is 0.912. The lowest BCUT2D eigenvalue weighted by atomic mass is 9.83. The Morgan fingerprint density at radius 3 is 1.42 bits per heavy atom.